The largest absolute Gasteiger partial charge is 0.328 e. The highest BCUT2D eigenvalue weighted by atomic mass is 32.2. The molecule has 1 aliphatic rings. The van der Waals surface area contributed by atoms with Gasteiger partial charge in [0.25, 0.3) is 5.91 Å². The van der Waals surface area contributed by atoms with Gasteiger partial charge in [-0.15, -0.1) is 0 Å². The molecule has 2 rings (SSSR count). The van der Waals surface area contributed by atoms with Crippen LogP contribution in [0.4, 0.5) is 0 Å². The first-order valence-corrected chi connectivity index (χ1v) is 5.84. The van der Waals surface area contributed by atoms with Crippen LogP contribution in [-0.4, -0.2) is 24.0 Å². The van der Waals surface area contributed by atoms with Gasteiger partial charge in [0, 0.05) is 10.1 Å². The number of carbonyl (C=O) groups is 1. The Labute approximate surface area is 92.5 Å². The van der Waals surface area contributed by atoms with E-state index in [-0.39, 0.29) is 0 Å². The highest BCUT2D eigenvalue weighted by molar-refractivity contribution is 7.92. The number of rotatable bonds is 2. The second-order valence-corrected chi connectivity index (χ2v) is 4.83. The van der Waals surface area contributed by atoms with E-state index in [1.165, 1.54) is 0 Å². The summed E-state index contributed by atoms with van der Waals surface area (Å²) >= 11 is 0. The molecule has 86 valence electrons. The van der Waals surface area contributed by atoms with E-state index in [1.807, 2.05) is 11.8 Å². The van der Waals surface area contributed by atoms with Crippen LogP contribution in [0.1, 0.15) is 15.9 Å². The van der Waals surface area contributed by atoms with Gasteiger partial charge in [0.15, 0.2) is 0 Å². The monoisotopic (exact) mass is 242 g/mol. The van der Waals surface area contributed by atoms with Crippen LogP contribution >= 0.6 is 0 Å². The number of nitrogens with zero attached hydrogens (tertiary/aromatic N) is 2. The quantitative estimate of drug-likeness (QED) is 0.309. The van der Waals surface area contributed by atoms with E-state index >= 15 is 0 Å². The Morgan fingerprint density at radius 2 is 1.88 bits per heavy atom. The molecular formula is C8H10N4O3S. The van der Waals surface area contributed by atoms with Gasteiger partial charge in [-0.05, 0) is 19.1 Å². The SMILES string of the molecule is Cc1ccc(C(=O)N(N)N2NS2(=O)=O)cc1. The number of nitrogens with two attached hydrogens (primary N) is 1. The topological polar surface area (TPSA) is 105 Å². The Bertz CT molecular complexity index is 525. The van der Waals surface area contributed by atoms with Gasteiger partial charge in [-0.3, -0.25) is 4.79 Å². The van der Waals surface area contributed by atoms with Crippen LogP contribution in [0.25, 0.3) is 0 Å². The lowest BCUT2D eigenvalue weighted by atomic mass is 10.1. The van der Waals surface area contributed by atoms with Crippen LogP contribution in [0.15, 0.2) is 24.3 Å². The summed E-state index contributed by atoms with van der Waals surface area (Å²) in [6.45, 7) is 1.88. The molecule has 16 heavy (non-hydrogen) atoms. The summed E-state index contributed by atoms with van der Waals surface area (Å²) in [4.78, 5) is 13.6. The van der Waals surface area contributed by atoms with Crippen molar-refractivity contribution in [2.75, 3.05) is 0 Å². The first-order chi connectivity index (χ1) is 7.42. The second kappa shape index (κ2) is 3.52. The van der Waals surface area contributed by atoms with Gasteiger partial charge < -0.3 is 0 Å². The molecule has 1 aromatic carbocycles. The Morgan fingerprint density at radius 3 is 2.31 bits per heavy atom. The second-order valence-electron chi connectivity index (χ2n) is 3.36. The lowest BCUT2D eigenvalue weighted by Gasteiger charge is -2.12. The molecule has 1 amide bonds. The van der Waals surface area contributed by atoms with E-state index in [4.69, 9.17) is 5.84 Å². The van der Waals surface area contributed by atoms with Gasteiger partial charge in [-0.2, -0.15) is 13.5 Å². The van der Waals surface area contributed by atoms with Crippen molar-refractivity contribution in [1.29, 1.82) is 0 Å². The van der Waals surface area contributed by atoms with Gasteiger partial charge >= 0.3 is 10.2 Å². The number of nitrogens with one attached hydrogen (secondary N) is 1. The van der Waals surface area contributed by atoms with Crippen molar-refractivity contribution in [3.05, 3.63) is 35.4 Å². The summed E-state index contributed by atoms with van der Waals surface area (Å²) in [6.07, 6.45) is 0. The van der Waals surface area contributed by atoms with Crippen LogP contribution in [0.5, 0.6) is 0 Å². The van der Waals surface area contributed by atoms with Crippen molar-refractivity contribution in [1.82, 2.24) is 14.5 Å². The number of benzene rings is 1. The zero-order valence-electron chi connectivity index (χ0n) is 8.41. The Hall–Kier alpha value is -1.48. The van der Waals surface area contributed by atoms with Crippen molar-refractivity contribution in [3.8, 4) is 0 Å². The number of hydrogen-bond donors (Lipinski definition) is 2. The third-order valence-corrected chi connectivity index (χ3v) is 3.04. The van der Waals surface area contributed by atoms with Gasteiger partial charge in [0.05, 0.1) is 0 Å². The van der Waals surface area contributed by atoms with Crippen molar-refractivity contribution in [2.24, 2.45) is 5.84 Å². The zero-order chi connectivity index (χ0) is 11.9. The molecule has 1 aromatic rings. The molecule has 0 spiro atoms. The molecule has 3 N–H and O–H groups in total. The number of amides is 1. The van der Waals surface area contributed by atoms with Crippen molar-refractivity contribution in [3.63, 3.8) is 0 Å². The lowest BCUT2D eigenvalue weighted by Crippen LogP contribution is -2.43. The first kappa shape index (κ1) is 11.0. The Kier molecular flexibility index (Phi) is 2.43. The normalized spacial score (nSPS) is 21.5. The van der Waals surface area contributed by atoms with Crippen LogP contribution in [0.2, 0.25) is 0 Å². The molecule has 1 fully saturated rings. The predicted molar refractivity (Wildman–Crippen MR) is 55.4 cm³/mol. The molecule has 0 aliphatic carbocycles. The summed E-state index contributed by atoms with van der Waals surface area (Å²) in [5.41, 5.74) is 1.31. The number of hydrogen-bond acceptors (Lipinski definition) is 4. The van der Waals surface area contributed by atoms with E-state index in [2.05, 4.69) is 0 Å². The zero-order valence-corrected chi connectivity index (χ0v) is 9.23. The van der Waals surface area contributed by atoms with E-state index in [9.17, 15) is 13.2 Å². The highest BCUT2D eigenvalue weighted by Crippen LogP contribution is 2.14. The lowest BCUT2D eigenvalue weighted by molar-refractivity contribution is 0.0456. The van der Waals surface area contributed by atoms with Crippen molar-refractivity contribution in [2.45, 2.75) is 6.92 Å². The Balaban J connectivity index is 2.17. The van der Waals surface area contributed by atoms with E-state index in [0.29, 0.717) is 15.2 Å². The molecular weight excluding hydrogens is 232 g/mol. The van der Waals surface area contributed by atoms with Crippen molar-refractivity contribution >= 4 is 16.1 Å². The minimum absolute atomic E-state index is 0.317. The third kappa shape index (κ3) is 1.91. The molecule has 1 atom stereocenters. The molecule has 0 saturated carbocycles. The van der Waals surface area contributed by atoms with Gasteiger partial charge in [-0.1, -0.05) is 22.5 Å². The molecule has 1 saturated heterocycles. The summed E-state index contributed by atoms with van der Waals surface area (Å²) in [5, 5.41) is 0.514. The maximum atomic E-state index is 11.7. The van der Waals surface area contributed by atoms with E-state index in [0.717, 1.165) is 5.56 Å². The predicted octanol–water partition coefficient (Wildman–Crippen LogP) is -0.709. The molecule has 1 unspecified atom stereocenters. The molecule has 0 radical (unpaired) electrons. The summed E-state index contributed by atoms with van der Waals surface area (Å²) < 4.78 is 22.3. The Morgan fingerprint density at radius 1 is 1.38 bits per heavy atom. The fourth-order valence-corrected chi connectivity index (χ4v) is 1.89. The summed E-state index contributed by atoms with van der Waals surface area (Å²) in [5.74, 6) is 4.73. The molecule has 1 heterocycles. The van der Waals surface area contributed by atoms with Crippen LogP contribution < -0.4 is 10.7 Å². The van der Waals surface area contributed by atoms with E-state index < -0.39 is 16.1 Å². The first-order valence-electron chi connectivity index (χ1n) is 4.40. The minimum atomic E-state index is -3.55. The smallest absolute Gasteiger partial charge is 0.266 e. The summed E-state index contributed by atoms with van der Waals surface area (Å²) in [7, 11) is -3.55. The fourth-order valence-electron chi connectivity index (χ4n) is 1.15. The summed E-state index contributed by atoms with van der Waals surface area (Å²) in [6, 6.07) is 6.64. The van der Waals surface area contributed by atoms with Gasteiger partial charge in [0.1, 0.15) is 0 Å². The molecule has 0 bridgehead atoms. The maximum absolute atomic E-state index is 11.7. The number of aryl methyl sites for hydroxylation is 1. The van der Waals surface area contributed by atoms with Crippen molar-refractivity contribution < 1.29 is 13.2 Å². The molecule has 0 aromatic heterocycles. The average molecular weight is 242 g/mol. The molecule has 1 aliphatic heterocycles. The van der Waals surface area contributed by atoms with Crippen LogP contribution in [0.3, 0.4) is 0 Å². The number of carbonyl (C=O) groups excluding carboxylic acids is 1. The third-order valence-electron chi connectivity index (χ3n) is 2.09. The highest BCUT2D eigenvalue weighted by Gasteiger charge is 2.46. The number of hydrazine groups is 3. The molecule has 8 heteroatoms. The van der Waals surface area contributed by atoms with Gasteiger partial charge in [-0.25, -0.2) is 5.84 Å². The van der Waals surface area contributed by atoms with Gasteiger partial charge in [0.2, 0.25) is 0 Å². The minimum Gasteiger partial charge on any atom is -0.266 e. The molecule has 7 nitrogen and oxygen atoms in total. The standard InChI is InChI=1S/C8H10N4O3S/c1-6-2-4-7(5-3-6)8(13)11(9)12-10-16(12,14)15/h2-5,10H,9H2,1H3. The fraction of sp³-hybridized carbons (Fsp3) is 0.125. The average Bonchev–Trinajstić information content (AvgIpc) is 2.87. The van der Waals surface area contributed by atoms with E-state index in [1.54, 1.807) is 24.3 Å². The van der Waals surface area contributed by atoms with Crippen LogP contribution in [-0.2, 0) is 10.2 Å². The maximum Gasteiger partial charge on any atom is 0.328 e. The van der Waals surface area contributed by atoms with Crippen LogP contribution in [0, 0.1) is 6.92 Å².